The van der Waals surface area contributed by atoms with E-state index in [9.17, 15) is 14.4 Å². The fourth-order valence-corrected chi connectivity index (χ4v) is 3.14. The van der Waals surface area contributed by atoms with Gasteiger partial charge in [-0.1, -0.05) is 0 Å². The monoisotopic (exact) mass is 345 g/mol. The minimum Gasteiger partial charge on any atom is -0.336 e. The maximum atomic E-state index is 11.9. The number of hydrogen-bond donors (Lipinski definition) is 3. The van der Waals surface area contributed by atoms with Crippen molar-refractivity contribution >= 4 is 29.3 Å². The van der Waals surface area contributed by atoms with Gasteiger partial charge >= 0.3 is 12.1 Å². The molecule has 1 aromatic rings. The fourth-order valence-electron chi connectivity index (χ4n) is 3.14. The Morgan fingerprint density at radius 3 is 2.64 bits per heavy atom. The van der Waals surface area contributed by atoms with E-state index < -0.39 is 0 Å². The number of amides is 5. The average molecular weight is 345 g/mol. The molecule has 25 heavy (non-hydrogen) atoms. The molecule has 2 aliphatic heterocycles. The van der Waals surface area contributed by atoms with E-state index in [0.717, 1.165) is 12.1 Å². The fraction of sp³-hybridized carbons (Fsp3) is 0.471. The van der Waals surface area contributed by atoms with Gasteiger partial charge in [0, 0.05) is 50.0 Å². The number of carbonyl (C=O) groups excluding carboxylic acids is 3. The zero-order chi connectivity index (χ0) is 17.8. The Balaban J connectivity index is 1.47. The van der Waals surface area contributed by atoms with Gasteiger partial charge in [0.05, 0.1) is 0 Å². The van der Waals surface area contributed by atoms with Crippen molar-refractivity contribution in [2.75, 3.05) is 36.4 Å². The van der Waals surface area contributed by atoms with Gasteiger partial charge in [-0.05, 0) is 37.6 Å². The molecule has 0 saturated carbocycles. The van der Waals surface area contributed by atoms with Crippen molar-refractivity contribution in [3.63, 3.8) is 0 Å². The van der Waals surface area contributed by atoms with Crippen LogP contribution in [0.15, 0.2) is 24.3 Å². The van der Waals surface area contributed by atoms with E-state index >= 15 is 0 Å². The predicted molar refractivity (Wildman–Crippen MR) is 94.6 cm³/mol. The highest BCUT2D eigenvalue weighted by molar-refractivity contribution is 5.96. The SMILES string of the molecule is C[C@@H]1CCC(=O)N1c1ccc(NC(=O)NCCN2CCNC2=O)cc1. The Kier molecular flexibility index (Phi) is 5.06. The van der Waals surface area contributed by atoms with Gasteiger partial charge in [-0.25, -0.2) is 9.59 Å². The lowest BCUT2D eigenvalue weighted by atomic mass is 10.2. The lowest BCUT2D eigenvalue weighted by Gasteiger charge is -2.22. The summed E-state index contributed by atoms with van der Waals surface area (Å²) in [6.45, 7) is 4.21. The molecule has 3 rings (SSSR count). The van der Waals surface area contributed by atoms with E-state index in [-0.39, 0.29) is 24.0 Å². The summed E-state index contributed by atoms with van der Waals surface area (Å²) in [5.41, 5.74) is 1.50. The normalized spacial score (nSPS) is 20.0. The molecular formula is C17H23N5O3. The summed E-state index contributed by atoms with van der Waals surface area (Å²) in [6, 6.07) is 7.02. The van der Waals surface area contributed by atoms with Crippen molar-refractivity contribution < 1.29 is 14.4 Å². The van der Waals surface area contributed by atoms with E-state index in [2.05, 4.69) is 16.0 Å². The van der Waals surface area contributed by atoms with Crippen LogP contribution in [0.25, 0.3) is 0 Å². The first-order valence-electron chi connectivity index (χ1n) is 8.54. The van der Waals surface area contributed by atoms with Crippen LogP contribution < -0.4 is 20.9 Å². The molecule has 3 N–H and O–H groups in total. The predicted octanol–water partition coefficient (Wildman–Crippen LogP) is 1.35. The average Bonchev–Trinajstić information content (AvgIpc) is 3.14. The molecule has 0 unspecified atom stereocenters. The van der Waals surface area contributed by atoms with Crippen molar-refractivity contribution in [1.29, 1.82) is 0 Å². The van der Waals surface area contributed by atoms with Gasteiger partial charge in [0.1, 0.15) is 0 Å². The summed E-state index contributed by atoms with van der Waals surface area (Å²) < 4.78 is 0. The molecule has 0 bridgehead atoms. The first-order valence-corrected chi connectivity index (χ1v) is 8.54. The quantitative estimate of drug-likeness (QED) is 0.752. The highest BCUT2D eigenvalue weighted by atomic mass is 16.2. The van der Waals surface area contributed by atoms with Crippen LogP contribution in [0.5, 0.6) is 0 Å². The zero-order valence-electron chi connectivity index (χ0n) is 14.2. The second-order valence-corrected chi connectivity index (χ2v) is 6.30. The van der Waals surface area contributed by atoms with E-state index in [0.29, 0.717) is 38.3 Å². The molecule has 2 heterocycles. The van der Waals surface area contributed by atoms with Gasteiger partial charge in [0.15, 0.2) is 0 Å². The summed E-state index contributed by atoms with van der Waals surface area (Å²) in [5, 5.41) is 8.19. The molecule has 0 aliphatic carbocycles. The van der Waals surface area contributed by atoms with E-state index in [1.165, 1.54) is 0 Å². The van der Waals surface area contributed by atoms with Gasteiger partial charge in [-0.2, -0.15) is 0 Å². The molecular weight excluding hydrogens is 322 g/mol. The van der Waals surface area contributed by atoms with Gasteiger partial charge in [0.2, 0.25) is 5.91 Å². The standard InChI is InChI=1S/C17H23N5O3/c1-12-2-7-15(23)22(12)14-5-3-13(4-6-14)20-16(24)18-8-10-21-11-9-19-17(21)25/h3-6,12H,2,7-11H2,1H3,(H,19,25)(H2,18,20,24)/t12-/m1/s1. The van der Waals surface area contributed by atoms with Crippen LogP contribution in [0.3, 0.4) is 0 Å². The Bertz CT molecular complexity index is 661. The van der Waals surface area contributed by atoms with Crippen LogP contribution in [0, 0.1) is 0 Å². The van der Waals surface area contributed by atoms with Crippen LogP contribution in [-0.2, 0) is 4.79 Å². The van der Waals surface area contributed by atoms with Crippen LogP contribution in [-0.4, -0.2) is 55.1 Å². The Morgan fingerprint density at radius 2 is 2.04 bits per heavy atom. The topological polar surface area (TPSA) is 93.8 Å². The van der Waals surface area contributed by atoms with Crippen molar-refractivity contribution in [1.82, 2.24) is 15.5 Å². The Hall–Kier alpha value is -2.77. The van der Waals surface area contributed by atoms with Crippen LogP contribution in [0.1, 0.15) is 19.8 Å². The summed E-state index contributed by atoms with van der Waals surface area (Å²) >= 11 is 0. The minimum absolute atomic E-state index is 0.0940. The largest absolute Gasteiger partial charge is 0.336 e. The molecule has 8 nitrogen and oxygen atoms in total. The van der Waals surface area contributed by atoms with Crippen LogP contribution in [0.4, 0.5) is 21.0 Å². The molecule has 2 aliphatic rings. The summed E-state index contributed by atoms with van der Waals surface area (Å²) in [5.74, 6) is 0.136. The molecule has 1 atom stereocenters. The lowest BCUT2D eigenvalue weighted by molar-refractivity contribution is -0.117. The van der Waals surface area contributed by atoms with E-state index in [4.69, 9.17) is 0 Å². The van der Waals surface area contributed by atoms with Crippen LogP contribution in [0.2, 0.25) is 0 Å². The first-order chi connectivity index (χ1) is 12.0. The van der Waals surface area contributed by atoms with Gasteiger partial charge in [-0.15, -0.1) is 0 Å². The van der Waals surface area contributed by atoms with Gasteiger partial charge in [-0.3, -0.25) is 4.79 Å². The number of benzene rings is 1. The number of nitrogens with zero attached hydrogens (tertiary/aromatic N) is 2. The van der Waals surface area contributed by atoms with Crippen molar-refractivity contribution in [2.45, 2.75) is 25.8 Å². The van der Waals surface area contributed by atoms with E-state index in [1.807, 2.05) is 19.1 Å². The molecule has 2 saturated heterocycles. The second kappa shape index (κ2) is 7.42. The smallest absolute Gasteiger partial charge is 0.319 e. The molecule has 134 valence electrons. The highest BCUT2D eigenvalue weighted by Crippen LogP contribution is 2.27. The number of urea groups is 2. The number of carbonyl (C=O) groups is 3. The highest BCUT2D eigenvalue weighted by Gasteiger charge is 2.28. The minimum atomic E-state index is -0.321. The number of nitrogens with one attached hydrogen (secondary N) is 3. The van der Waals surface area contributed by atoms with Crippen LogP contribution >= 0.6 is 0 Å². The zero-order valence-corrected chi connectivity index (χ0v) is 14.2. The molecule has 0 spiro atoms. The molecule has 0 radical (unpaired) electrons. The molecule has 8 heteroatoms. The van der Waals surface area contributed by atoms with Gasteiger partial charge < -0.3 is 25.8 Å². The first kappa shape index (κ1) is 17.1. The van der Waals surface area contributed by atoms with Gasteiger partial charge in [0.25, 0.3) is 0 Å². The molecule has 5 amide bonds. The third-order valence-electron chi connectivity index (χ3n) is 4.50. The molecule has 2 fully saturated rings. The number of anilines is 2. The third kappa shape index (κ3) is 4.01. The number of hydrogen-bond acceptors (Lipinski definition) is 3. The van der Waals surface area contributed by atoms with Crippen molar-refractivity contribution in [3.05, 3.63) is 24.3 Å². The summed E-state index contributed by atoms with van der Waals surface area (Å²) in [7, 11) is 0. The number of rotatable bonds is 5. The Morgan fingerprint density at radius 1 is 1.28 bits per heavy atom. The maximum absolute atomic E-state index is 11.9. The Labute approximate surface area is 146 Å². The van der Waals surface area contributed by atoms with Crippen molar-refractivity contribution in [2.24, 2.45) is 0 Å². The molecule has 1 aromatic carbocycles. The maximum Gasteiger partial charge on any atom is 0.319 e. The lowest BCUT2D eigenvalue weighted by Crippen LogP contribution is -2.38. The molecule has 0 aromatic heterocycles. The van der Waals surface area contributed by atoms with Crippen molar-refractivity contribution in [3.8, 4) is 0 Å². The van der Waals surface area contributed by atoms with E-state index in [1.54, 1.807) is 21.9 Å². The second-order valence-electron chi connectivity index (χ2n) is 6.30. The summed E-state index contributed by atoms with van der Waals surface area (Å²) in [4.78, 5) is 38.7. The third-order valence-corrected chi connectivity index (χ3v) is 4.50. The summed E-state index contributed by atoms with van der Waals surface area (Å²) in [6.07, 6.45) is 1.45.